The van der Waals surface area contributed by atoms with Gasteiger partial charge in [-0.05, 0) is 62.2 Å². The van der Waals surface area contributed by atoms with Crippen molar-refractivity contribution < 1.29 is 9.53 Å². The van der Waals surface area contributed by atoms with Crippen LogP contribution in [0.25, 0.3) is 0 Å². The molecule has 1 aliphatic carbocycles. The SMILES string of the molecule is CCCC(=O)OC(C)CCC1C(C)C(CC)CC1C(C)C. The quantitative estimate of drug-likeness (QED) is 0.556. The summed E-state index contributed by atoms with van der Waals surface area (Å²) in [6.45, 7) is 13.6. The summed E-state index contributed by atoms with van der Waals surface area (Å²) in [4.78, 5) is 11.6. The van der Waals surface area contributed by atoms with Gasteiger partial charge >= 0.3 is 5.97 Å². The molecule has 0 aromatic rings. The molecule has 1 rings (SSSR count). The number of rotatable bonds is 8. The fourth-order valence-electron chi connectivity index (χ4n) is 4.23. The van der Waals surface area contributed by atoms with Crippen molar-refractivity contribution in [3.63, 3.8) is 0 Å². The summed E-state index contributed by atoms with van der Waals surface area (Å²) in [7, 11) is 0. The summed E-state index contributed by atoms with van der Waals surface area (Å²) in [5.74, 6) is 4.11. The highest BCUT2D eigenvalue weighted by Gasteiger charge is 2.40. The van der Waals surface area contributed by atoms with E-state index in [-0.39, 0.29) is 12.1 Å². The van der Waals surface area contributed by atoms with Crippen LogP contribution in [-0.4, -0.2) is 12.1 Å². The van der Waals surface area contributed by atoms with E-state index in [2.05, 4.69) is 34.6 Å². The standard InChI is InChI=1S/C19H36O2/c1-7-9-19(20)21-14(5)10-11-17-15(6)16(8-2)12-18(17)13(3)4/h13-18H,7-12H2,1-6H3. The first-order chi connectivity index (χ1) is 9.90. The topological polar surface area (TPSA) is 26.3 Å². The van der Waals surface area contributed by atoms with Crippen molar-refractivity contribution in [2.24, 2.45) is 29.6 Å². The molecule has 5 unspecified atom stereocenters. The van der Waals surface area contributed by atoms with Gasteiger partial charge in [-0.3, -0.25) is 4.79 Å². The van der Waals surface area contributed by atoms with Gasteiger partial charge in [0.25, 0.3) is 0 Å². The van der Waals surface area contributed by atoms with E-state index in [0.717, 1.165) is 42.4 Å². The summed E-state index contributed by atoms with van der Waals surface area (Å²) >= 11 is 0. The molecule has 0 N–H and O–H groups in total. The fraction of sp³-hybridized carbons (Fsp3) is 0.947. The van der Waals surface area contributed by atoms with E-state index in [9.17, 15) is 4.79 Å². The van der Waals surface area contributed by atoms with Crippen molar-refractivity contribution in [3.8, 4) is 0 Å². The first-order valence-electron chi connectivity index (χ1n) is 9.10. The van der Waals surface area contributed by atoms with Gasteiger partial charge in [0.15, 0.2) is 0 Å². The van der Waals surface area contributed by atoms with Gasteiger partial charge in [0.05, 0.1) is 6.10 Å². The molecule has 5 atom stereocenters. The van der Waals surface area contributed by atoms with E-state index < -0.39 is 0 Å². The average molecular weight is 296 g/mol. The van der Waals surface area contributed by atoms with Crippen LogP contribution in [-0.2, 0) is 9.53 Å². The summed E-state index contributed by atoms with van der Waals surface area (Å²) in [6.07, 6.45) is 6.43. The first-order valence-corrected chi connectivity index (χ1v) is 9.10. The number of ether oxygens (including phenoxy) is 1. The smallest absolute Gasteiger partial charge is 0.306 e. The highest BCUT2D eigenvalue weighted by atomic mass is 16.5. The molecule has 0 radical (unpaired) electrons. The number of carbonyl (C=O) groups excluding carboxylic acids is 1. The lowest BCUT2D eigenvalue weighted by Crippen LogP contribution is -2.22. The molecule has 0 aromatic heterocycles. The predicted molar refractivity (Wildman–Crippen MR) is 89.1 cm³/mol. The molecular weight excluding hydrogens is 260 g/mol. The Kier molecular flexibility index (Phi) is 7.76. The van der Waals surface area contributed by atoms with Crippen molar-refractivity contribution in [2.45, 2.75) is 86.2 Å². The van der Waals surface area contributed by atoms with E-state index in [0.29, 0.717) is 6.42 Å². The lowest BCUT2D eigenvalue weighted by molar-refractivity contribution is -0.148. The molecule has 0 amide bonds. The third-order valence-corrected chi connectivity index (χ3v) is 5.62. The summed E-state index contributed by atoms with van der Waals surface area (Å²) < 4.78 is 5.50. The van der Waals surface area contributed by atoms with Crippen LogP contribution in [0.5, 0.6) is 0 Å². The van der Waals surface area contributed by atoms with E-state index in [4.69, 9.17) is 4.74 Å². The second-order valence-electron chi connectivity index (χ2n) is 7.46. The highest BCUT2D eigenvalue weighted by molar-refractivity contribution is 5.69. The van der Waals surface area contributed by atoms with Crippen LogP contribution in [0, 0.1) is 29.6 Å². The largest absolute Gasteiger partial charge is 0.463 e. The summed E-state index contributed by atoms with van der Waals surface area (Å²) in [6, 6.07) is 0. The van der Waals surface area contributed by atoms with Crippen LogP contribution in [0.3, 0.4) is 0 Å². The Morgan fingerprint density at radius 2 is 1.90 bits per heavy atom. The predicted octanol–water partition coefficient (Wildman–Crippen LogP) is 5.45. The minimum atomic E-state index is -0.0312. The van der Waals surface area contributed by atoms with Gasteiger partial charge in [-0.25, -0.2) is 0 Å². The van der Waals surface area contributed by atoms with Crippen molar-refractivity contribution in [3.05, 3.63) is 0 Å². The zero-order chi connectivity index (χ0) is 16.0. The molecule has 0 saturated heterocycles. The molecule has 2 nitrogen and oxygen atoms in total. The Balaban J connectivity index is 2.49. The molecular formula is C19H36O2. The zero-order valence-corrected chi connectivity index (χ0v) is 15.0. The Morgan fingerprint density at radius 1 is 1.24 bits per heavy atom. The summed E-state index contributed by atoms with van der Waals surface area (Å²) in [5, 5.41) is 0. The third-order valence-electron chi connectivity index (χ3n) is 5.62. The maximum atomic E-state index is 11.6. The number of hydrogen-bond donors (Lipinski definition) is 0. The van der Waals surface area contributed by atoms with Crippen LogP contribution in [0.1, 0.15) is 80.1 Å². The Labute approximate surface area is 132 Å². The second kappa shape index (κ2) is 8.80. The van der Waals surface area contributed by atoms with Crippen LogP contribution in [0.15, 0.2) is 0 Å². The van der Waals surface area contributed by atoms with Gasteiger partial charge in [0.1, 0.15) is 0 Å². The van der Waals surface area contributed by atoms with Crippen molar-refractivity contribution in [1.82, 2.24) is 0 Å². The van der Waals surface area contributed by atoms with Crippen molar-refractivity contribution in [2.75, 3.05) is 0 Å². The van der Waals surface area contributed by atoms with Gasteiger partial charge in [0.2, 0.25) is 0 Å². The van der Waals surface area contributed by atoms with Crippen molar-refractivity contribution >= 4 is 5.97 Å². The van der Waals surface area contributed by atoms with Crippen LogP contribution < -0.4 is 0 Å². The van der Waals surface area contributed by atoms with Crippen molar-refractivity contribution in [1.29, 1.82) is 0 Å². The average Bonchev–Trinajstić information content (AvgIpc) is 2.73. The molecule has 0 heterocycles. The maximum Gasteiger partial charge on any atom is 0.306 e. The third kappa shape index (κ3) is 5.30. The Morgan fingerprint density at radius 3 is 2.43 bits per heavy atom. The van der Waals surface area contributed by atoms with E-state index in [1.807, 2.05) is 6.92 Å². The van der Waals surface area contributed by atoms with E-state index in [1.165, 1.54) is 19.3 Å². The molecule has 0 aromatic carbocycles. The normalized spacial score (nSPS) is 30.6. The van der Waals surface area contributed by atoms with Crippen LogP contribution in [0.4, 0.5) is 0 Å². The van der Waals surface area contributed by atoms with Gasteiger partial charge in [-0.15, -0.1) is 0 Å². The second-order valence-corrected chi connectivity index (χ2v) is 7.46. The van der Waals surface area contributed by atoms with Gasteiger partial charge in [0, 0.05) is 6.42 Å². The number of carbonyl (C=O) groups is 1. The monoisotopic (exact) mass is 296 g/mol. The number of hydrogen-bond acceptors (Lipinski definition) is 2. The molecule has 21 heavy (non-hydrogen) atoms. The highest BCUT2D eigenvalue weighted by Crippen LogP contribution is 2.48. The van der Waals surface area contributed by atoms with E-state index >= 15 is 0 Å². The first kappa shape index (κ1) is 18.5. The minimum absolute atomic E-state index is 0.0312. The molecule has 1 saturated carbocycles. The van der Waals surface area contributed by atoms with Gasteiger partial charge < -0.3 is 4.74 Å². The lowest BCUT2D eigenvalue weighted by atomic mass is 9.79. The molecule has 2 heteroatoms. The molecule has 0 aliphatic heterocycles. The summed E-state index contributed by atoms with van der Waals surface area (Å²) in [5.41, 5.74) is 0. The van der Waals surface area contributed by atoms with Crippen LogP contribution >= 0.6 is 0 Å². The zero-order valence-electron chi connectivity index (χ0n) is 15.0. The Bertz CT molecular complexity index is 311. The minimum Gasteiger partial charge on any atom is -0.463 e. The molecule has 0 bridgehead atoms. The number of esters is 1. The molecule has 1 aliphatic rings. The van der Waals surface area contributed by atoms with Gasteiger partial charge in [-0.2, -0.15) is 0 Å². The lowest BCUT2D eigenvalue weighted by Gasteiger charge is -2.27. The van der Waals surface area contributed by atoms with E-state index in [1.54, 1.807) is 0 Å². The molecule has 0 spiro atoms. The molecule has 124 valence electrons. The fourth-order valence-corrected chi connectivity index (χ4v) is 4.23. The Hall–Kier alpha value is -0.530. The van der Waals surface area contributed by atoms with Gasteiger partial charge in [-0.1, -0.05) is 41.0 Å². The van der Waals surface area contributed by atoms with Crippen LogP contribution in [0.2, 0.25) is 0 Å². The molecule has 1 fully saturated rings. The maximum absolute atomic E-state index is 11.6.